The molecule has 2 aromatic carbocycles. The molecule has 2 rings (SSSR count). The molecule has 0 saturated carbocycles. The number of hydrogen-bond donors (Lipinski definition) is 0. The maximum atomic E-state index is 15.1. The van der Waals surface area contributed by atoms with Crippen molar-refractivity contribution in [1.29, 1.82) is 5.26 Å². The number of alkyl halides is 9. The van der Waals surface area contributed by atoms with Crippen LogP contribution in [0.25, 0.3) is 11.1 Å². The van der Waals surface area contributed by atoms with Gasteiger partial charge in [-0.1, -0.05) is 34.1 Å². The average Bonchev–Trinajstić information content (AvgIpc) is 2.58. The Balaban J connectivity index is 3.08. The van der Waals surface area contributed by atoms with E-state index in [-0.39, 0.29) is 11.6 Å². The maximum absolute atomic E-state index is 15.1. The molecule has 1 radical (unpaired) electrons. The van der Waals surface area contributed by atoms with Crippen molar-refractivity contribution in [2.24, 2.45) is 0 Å². The lowest BCUT2D eigenvalue weighted by Gasteiger charge is -2.37. The third kappa shape index (κ3) is 3.74. The summed E-state index contributed by atoms with van der Waals surface area (Å²) in [4.78, 5) is 0. The van der Waals surface area contributed by atoms with Crippen molar-refractivity contribution >= 4 is 31.9 Å². The van der Waals surface area contributed by atoms with E-state index in [0.717, 1.165) is 12.1 Å². The van der Waals surface area contributed by atoms with Crippen molar-refractivity contribution in [3.05, 3.63) is 56.5 Å². The van der Waals surface area contributed by atoms with Crippen molar-refractivity contribution in [3.63, 3.8) is 0 Å². The quantitative estimate of drug-likeness (QED) is 0.362. The molecule has 0 aromatic heterocycles. The van der Waals surface area contributed by atoms with E-state index < -0.39 is 49.6 Å². The number of halogens is 11. The zero-order valence-corrected chi connectivity index (χ0v) is 16.7. The van der Waals surface area contributed by atoms with E-state index in [1.54, 1.807) is 6.07 Å². The Morgan fingerprint density at radius 1 is 0.862 bits per heavy atom. The molecule has 0 heterocycles. The van der Waals surface area contributed by atoms with Gasteiger partial charge in [-0.15, -0.1) is 0 Å². The molecule has 0 amide bonds. The number of hydrogen-bond acceptors (Lipinski definition) is 1. The molecule has 1 atom stereocenters. The summed E-state index contributed by atoms with van der Waals surface area (Å²) in [6, 6.07) is 8.50. The molecule has 0 fully saturated rings. The summed E-state index contributed by atoms with van der Waals surface area (Å²) in [6.45, 7) is 0. The summed E-state index contributed by atoms with van der Waals surface area (Å²) in [7, 11) is 0. The zero-order valence-electron chi connectivity index (χ0n) is 13.5. The molecule has 155 valence electrons. The highest BCUT2D eigenvalue weighted by atomic mass is 79.9. The van der Waals surface area contributed by atoms with Gasteiger partial charge in [0.25, 0.3) is 0 Å². The minimum atomic E-state index is -6.87. The van der Waals surface area contributed by atoms with Crippen LogP contribution < -0.4 is 0 Å². The summed E-state index contributed by atoms with van der Waals surface area (Å²) in [6.07, 6.45) is -13.6. The molecule has 0 aliphatic rings. The third-order valence-electron chi connectivity index (χ3n) is 3.86. The Hall–Kier alpha value is -1.74. The second-order valence-corrected chi connectivity index (χ2v) is 7.25. The normalized spacial score (nSPS) is 15.0. The molecule has 0 spiro atoms. The van der Waals surface area contributed by atoms with Crippen molar-refractivity contribution in [2.45, 2.75) is 23.9 Å². The highest BCUT2D eigenvalue weighted by molar-refractivity contribution is 9.11. The second kappa shape index (κ2) is 7.50. The monoisotopic (exact) mass is 552 g/mol. The average molecular weight is 554 g/mol. The van der Waals surface area contributed by atoms with Gasteiger partial charge in [-0.3, -0.25) is 0 Å². The van der Waals surface area contributed by atoms with Crippen LogP contribution in [0, 0.1) is 17.4 Å². The molecular weight excluding hydrogens is 549 g/mol. The van der Waals surface area contributed by atoms with Crippen LogP contribution in [0.2, 0.25) is 0 Å². The first-order valence-electron chi connectivity index (χ1n) is 7.21. The van der Waals surface area contributed by atoms with Gasteiger partial charge in [-0.05, 0) is 28.1 Å². The van der Waals surface area contributed by atoms with Gasteiger partial charge in [0, 0.05) is 31.7 Å². The largest absolute Gasteiger partial charge is 0.457 e. The fourth-order valence-corrected chi connectivity index (χ4v) is 3.88. The molecule has 0 saturated heterocycles. The highest BCUT2D eigenvalue weighted by Gasteiger charge is 2.82. The fourth-order valence-electron chi connectivity index (χ4n) is 2.55. The van der Waals surface area contributed by atoms with E-state index >= 15 is 4.39 Å². The molecule has 1 unspecified atom stereocenters. The van der Waals surface area contributed by atoms with E-state index in [2.05, 4.69) is 37.9 Å². The summed E-state index contributed by atoms with van der Waals surface area (Å²) in [5.41, 5.74) is -10.1. The standard InChI is InChI=1S/C17H5Br2F9N/c18-9-5-11(14(20,16(23,24)25)15(21,22)17(26,27)28)13(12(19)6-9)10-4-2-1-3-8(10)7-29/h1-5H. The highest BCUT2D eigenvalue weighted by Crippen LogP contribution is 2.60. The molecule has 0 bridgehead atoms. The summed E-state index contributed by atoms with van der Waals surface area (Å²) < 4.78 is 121. The SMILES string of the molecule is N#Cc1ccccc1-c1c(Br)[c]c(Br)cc1C(F)(C(F)(F)F)C(F)(F)C(F)(F)F. The predicted octanol–water partition coefficient (Wildman–Crippen LogP) is 7.48. The number of benzene rings is 2. The lowest BCUT2D eigenvalue weighted by molar-refractivity contribution is -0.389. The Labute approximate surface area is 174 Å². The van der Waals surface area contributed by atoms with E-state index in [4.69, 9.17) is 5.26 Å². The van der Waals surface area contributed by atoms with Gasteiger partial charge in [-0.2, -0.15) is 40.4 Å². The first-order chi connectivity index (χ1) is 13.1. The van der Waals surface area contributed by atoms with Crippen molar-refractivity contribution < 1.29 is 39.5 Å². The number of nitriles is 1. The first kappa shape index (κ1) is 23.5. The molecule has 0 aliphatic carbocycles. The van der Waals surface area contributed by atoms with Crippen LogP contribution in [0.5, 0.6) is 0 Å². The summed E-state index contributed by atoms with van der Waals surface area (Å²) >= 11 is 5.34. The molecule has 12 heteroatoms. The molecule has 29 heavy (non-hydrogen) atoms. The van der Waals surface area contributed by atoms with Crippen molar-refractivity contribution in [2.75, 3.05) is 0 Å². The van der Waals surface area contributed by atoms with E-state index in [1.807, 2.05) is 0 Å². The van der Waals surface area contributed by atoms with E-state index in [1.165, 1.54) is 12.1 Å². The Kier molecular flexibility index (Phi) is 6.09. The van der Waals surface area contributed by atoms with Crippen LogP contribution >= 0.6 is 31.9 Å². The van der Waals surface area contributed by atoms with Crippen molar-refractivity contribution in [3.8, 4) is 17.2 Å². The van der Waals surface area contributed by atoms with Gasteiger partial charge >= 0.3 is 23.9 Å². The zero-order chi connectivity index (χ0) is 22.4. The molecule has 2 aromatic rings. The van der Waals surface area contributed by atoms with Gasteiger partial charge in [0.05, 0.1) is 11.6 Å². The van der Waals surface area contributed by atoms with Gasteiger partial charge in [0.15, 0.2) is 0 Å². The third-order valence-corrected chi connectivity index (χ3v) is 4.88. The smallest absolute Gasteiger partial charge is 0.221 e. The van der Waals surface area contributed by atoms with Crippen LogP contribution in [0.3, 0.4) is 0 Å². The van der Waals surface area contributed by atoms with Gasteiger partial charge in [0.2, 0.25) is 0 Å². The topological polar surface area (TPSA) is 23.8 Å². The second-order valence-electron chi connectivity index (χ2n) is 5.61. The van der Waals surface area contributed by atoms with E-state index in [0.29, 0.717) is 0 Å². The van der Waals surface area contributed by atoms with Gasteiger partial charge < -0.3 is 0 Å². The molecular formula is C17H5Br2F9N. The fraction of sp³-hybridized carbons (Fsp3) is 0.235. The molecule has 0 N–H and O–H groups in total. The summed E-state index contributed by atoms with van der Waals surface area (Å²) in [5, 5.41) is 9.14. The van der Waals surface area contributed by atoms with Crippen LogP contribution in [0.15, 0.2) is 39.3 Å². The first-order valence-corrected chi connectivity index (χ1v) is 8.79. The molecule has 0 aliphatic heterocycles. The van der Waals surface area contributed by atoms with Crippen LogP contribution in [0.1, 0.15) is 11.1 Å². The maximum Gasteiger partial charge on any atom is 0.457 e. The Bertz CT molecular complexity index is 976. The van der Waals surface area contributed by atoms with Crippen LogP contribution in [-0.2, 0) is 5.67 Å². The summed E-state index contributed by atoms with van der Waals surface area (Å²) in [5.74, 6) is -6.85. The van der Waals surface area contributed by atoms with Crippen LogP contribution in [0.4, 0.5) is 39.5 Å². The lowest BCUT2D eigenvalue weighted by atomic mass is 9.82. The Morgan fingerprint density at radius 2 is 1.41 bits per heavy atom. The van der Waals surface area contributed by atoms with Gasteiger partial charge in [-0.25, -0.2) is 4.39 Å². The lowest BCUT2D eigenvalue weighted by Crippen LogP contribution is -2.60. The minimum Gasteiger partial charge on any atom is -0.221 e. The Morgan fingerprint density at radius 3 is 1.90 bits per heavy atom. The van der Waals surface area contributed by atoms with E-state index in [9.17, 15) is 35.1 Å². The van der Waals surface area contributed by atoms with Crippen molar-refractivity contribution in [1.82, 2.24) is 0 Å². The van der Waals surface area contributed by atoms with Gasteiger partial charge in [0.1, 0.15) is 0 Å². The minimum absolute atomic E-state index is 0.126. The number of nitrogens with zero attached hydrogens (tertiary/aromatic N) is 1. The predicted molar refractivity (Wildman–Crippen MR) is 90.7 cm³/mol. The van der Waals surface area contributed by atoms with Crippen LogP contribution in [-0.4, -0.2) is 18.3 Å². The molecule has 1 nitrogen and oxygen atoms in total. The number of rotatable bonds is 3.